The van der Waals surface area contributed by atoms with Gasteiger partial charge in [0.15, 0.2) is 5.82 Å². The second-order valence-electron chi connectivity index (χ2n) is 8.91. The SMILES string of the molecule is CCOc1ccc(OC)c(-n2nc(N3C[C@H](CN4C(=O)c5ccccc5C4=O)OC3=O)c3cnc(Cl)cc32)c1. The van der Waals surface area contributed by atoms with Gasteiger partial charge in [0.1, 0.15) is 28.4 Å². The third-order valence-corrected chi connectivity index (χ3v) is 6.80. The van der Waals surface area contributed by atoms with Gasteiger partial charge in [0.25, 0.3) is 11.8 Å². The Morgan fingerprint density at radius 3 is 2.51 bits per heavy atom. The van der Waals surface area contributed by atoms with Crippen molar-refractivity contribution in [3.63, 3.8) is 0 Å². The van der Waals surface area contributed by atoms with E-state index in [9.17, 15) is 14.4 Å². The monoisotopic (exact) mass is 547 g/mol. The summed E-state index contributed by atoms with van der Waals surface area (Å²) in [5.41, 5.74) is 1.81. The minimum atomic E-state index is -0.754. The number of halogens is 1. The maximum atomic E-state index is 13.0. The minimum absolute atomic E-state index is 0.0666. The summed E-state index contributed by atoms with van der Waals surface area (Å²) < 4.78 is 18.4. The highest BCUT2D eigenvalue weighted by Gasteiger charge is 2.42. The third kappa shape index (κ3) is 4.11. The van der Waals surface area contributed by atoms with E-state index in [0.717, 1.165) is 4.90 Å². The van der Waals surface area contributed by atoms with Gasteiger partial charge in [0, 0.05) is 18.3 Å². The molecule has 0 saturated carbocycles. The maximum Gasteiger partial charge on any atom is 0.416 e. The van der Waals surface area contributed by atoms with Gasteiger partial charge in [-0.2, -0.15) is 0 Å². The fourth-order valence-corrected chi connectivity index (χ4v) is 5.00. The number of rotatable bonds is 7. The van der Waals surface area contributed by atoms with Crippen LogP contribution in [-0.2, 0) is 4.74 Å². The molecule has 1 atom stereocenters. The number of hydrogen-bond donors (Lipinski definition) is 0. The van der Waals surface area contributed by atoms with Crippen LogP contribution in [0.25, 0.3) is 16.6 Å². The van der Waals surface area contributed by atoms with Crippen molar-refractivity contribution < 1.29 is 28.6 Å². The van der Waals surface area contributed by atoms with Gasteiger partial charge in [-0.1, -0.05) is 23.7 Å². The molecule has 2 aliphatic heterocycles. The molecule has 2 aromatic carbocycles. The van der Waals surface area contributed by atoms with Crippen molar-refractivity contribution in [1.82, 2.24) is 19.7 Å². The van der Waals surface area contributed by atoms with Gasteiger partial charge in [-0.15, -0.1) is 5.10 Å². The summed E-state index contributed by atoms with van der Waals surface area (Å²) in [5, 5.41) is 5.51. The zero-order valence-electron chi connectivity index (χ0n) is 21.0. The molecule has 0 radical (unpaired) electrons. The molecule has 0 bridgehead atoms. The molecular formula is C27H22ClN5O6. The fourth-order valence-electron chi connectivity index (χ4n) is 4.84. The Labute approximate surface area is 227 Å². The largest absolute Gasteiger partial charge is 0.494 e. The lowest BCUT2D eigenvalue weighted by atomic mass is 10.1. The van der Waals surface area contributed by atoms with Crippen LogP contribution in [0.15, 0.2) is 54.7 Å². The molecule has 11 nitrogen and oxygen atoms in total. The average Bonchev–Trinajstić information content (AvgIpc) is 3.56. The van der Waals surface area contributed by atoms with Crippen LogP contribution in [0.5, 0.6) is 11.5 Å². The number of pyridine rings is 1. The number of nitrogens with zero attached hydrogens (tertiary/aromatic N) is 5. The van der Waals surface area contributed by atoms with E-state index in [1.165, 1.54) is 11.1 Å². The molecular weight excluding hydrogens is 526 g/mol. The molecule has 198 valence electrons. The average molecular weight is 548 g/mol. The lowest BCUT2D eigenvalue weighted by molar-refractivity contribution is 0.0558. The summed E-state index contributed by atoms with van der Waals surface area (Å²) in [4.78, 5) is 45.3. The van der Waals surface area contributed by atoms with Crippen LogP contribution in [0.1, 0.15) is 27.6 Å². The van der Waals surface area contributed by atoms with E-state index in [0.29, 0.717) is 45.8 Å². The molecule has 0 N–H and O–H groups in total. The van der Waals surface area contributed by atoms with Gasteiger partial charge in [0.2, 0.25) is 0 Å². The van der Waals surface area contributed by atoms with E-state index in [2.05, 4.69) is 4.98 Å². The van der Waals surface area contributed by atoms with Gasteiger partial charge in [-0.25, -0.2) is 14.5 Å². The second-order valence-corrected chi connectivity index (χ2v) is 9.30. The Bertz CT molecular complexity index is 1620. The van der Waals surface area contributed by atoms with E-state index < -0.39 is 24.0 Å². The van der Waals surface area contributed by atoms with Crippen LogP contribution in [0.4, 0.5) is 10.6 Å². The Morgan fingerprint density at radius 2 is 1.82 bits per heavy atom. The lowest BCUT2D eigenvalue weighted by Gasteiger charge is -2.17. The zero-order chi connectivity index (χ0) is 27.3. The highest BCUT2D eigenvalue weighted by atomic mass is 35.5. The van der Waals surface area contributed by atoms with Crippen LogP contribution in [0.2, 0.25) is 5.15 Å². The number of carbonyl (C=O) groups is 3. The number of anilines is 1. The molecule has 1 saturated heterocycles. The van der Waals surface area contributed by atoms with Crippen molar-refractivity contribution in [3.05, 3.63) is 71.0 Å². The molecule has 0 spiro atoms. The van der Waals surface area contributed by atoms with Crippen molar-refractivity contribution in [2.75, 3.05) is 31.7 Å². The molecule has 2 aromatic heterocycles. The molecule has 2 aliphatic rings. The second kappa shape index (κ2) is 9.59. The number of cyclic esters (lactones) is 1. The number of aromatic nitrogens is 3. The van der Waals surface area contributed by atoms with E-state index in [1.807, 2.05) is 6.92 Å². The Balaban J connectivity index is 1.35. The van der Waals surface area contributed by atoms with Crippen LogP contribution < -0.4 is 14.4 Å². The Morgan fingerprint density at radius 1 is 1.08 bits per heavy atom. The van der Waals surface area contributed by atoms with Gasteiger partial charge >= 0.3 is 6.09 Å². The molecule has 12 heteroatoms. The van der Waals surface area contributed by atoms with Crippen LogP contribution >= 0.6 is 11.6 Å². The smallest absolute Gasteiger partial charge is 0.416 e. The predicted molar refractivity (Wildman–Crippen MR) is 141 cm³/mol. The maximum absolute atomic E-state index is 13.0. The first kappa shape index (κ1) is 24.7. The lowest BCUT2D eigenvalue weighted by Crippen LogP contribution is -2.38. The van der Waals surface area contributed by atoms with Gasteiger partial charge < -0.3 is 14.2 Å². The zero-order valence-corrected chi connectivity index (χ0v) is 21.7. The van der Waals surface area contributed by atoms with Crippen LogP contribution in [0, 0.1) is 0 Å². The number of imide groups is 1. The topological polar surface area (TPSA) is 116 Å². The number of amides is 3. The third-order valence-electron chi connectivity index (χ3n) is 6.60. The number of methoxy groups -OCH3 is 1. The molecule has 4 heterocycles. The molecule has 3 amide bonds. The molecule has 6 rings (SSSR count). The summed E-state index contributed by atoms with van der Waals surface area (Å²) in [6.07, 6.45) is 0.115. The predicted octanol–water partition coefficient (Wildman–Crippen LogP) is 4.10. The van der Waals surface area contributed by atoms with Gasteiger partial charge in [-0.3, -0.25) is 19.4 Å². The van der Waals surface area contributed by atoms with Gasteiger partial charge in [0.05, 0.1) is 48.8 Å². The molecule has 39 heavy (non-hydrogen) atoms. The van der Waals surface area contributed by atoms with E-state index in [4.69, 9.17) is 30.9 Å². The first-order valence-corrected chi connectivity index (χ1v) is 12.6. The van der Waals surface area contributed by atoms with Gasteiger partial charge in [-0.05, 0) is 31.2 Å². The summed E-state index contributed by atoms with van der Waals surface area (Å²) in [7, 11) is 1.54. The molecule has 0 unspecified atom stereocenters. The van der Waals surface area contributed by atoms with E-state index in [-0.39, 0.29) is 24.1 Å². The highest BCUT2D eigenvalue weighted by Crippen LogP contribution is 2.36. The first-order valence-electron chi connectivity index (χ1n) is 12.2. The number of fused-ring (bicyclic) bond motifs is 2. The number of carbonyl (C=O) groups excluding carboxylic acids is 3. The number of hydrogen-bond acceptors (Lipinski definition) is 8. The molecule has 0 aliphatic carbocycles. The number of benzene rings is 2. The molecule has 4 aromatic rings. The summed E-state index contributed by atoms with van der Waals surface area (Å²) >= 11 is 6.23. The van der Waals surface area contributed by atoms with Crippen LogP contribution in [-0.4, -0.2) is 70.5 Å². The molecule has 1 fully saturated rings. The normalized spacial score (nSPS) is 16.7. The number of ether oxygens (including phenoxy) is 3. The highest BCUT2D eigenvalue weighted by molar-refractivity contribution is 6.30. The summed E-state index contributed by atoms with van der Waals surface area (Å²) in [6.45, 7) is 2.34. The first-order chi connectivity index (χ1) is 18.9. The van der Waals surface area contributed by atoms with Crippen LogP contribution in [0.3, 0.4) is 0 Å². The van der Waals surface area contributed by atoms with Crippen molar-refractivity contribution in [2.45, 2.75) is 13.0 Å². The van der Waals surface area contributed by atoms with E-state index in [1.54, 1.807) is 60.3 Å². The Hall–Kier alpha value is -4.64. The van der Waals surface area contributed by atoms with Crippen molar-refractivity contribution in [1.29, 1.82) is 0 Å². The Kier molecular flexibility index (Phi) is 6.07. The summed E-state index contributed by atoms with van der Waals surface area (Å²) in [6, 6.07) is 13.6. The van der Waals surface area contributed by atoms with Crippen molar-refractivity contribution in [2.24, 2.45) is 0 Å². The van der Waals surface area contributed by atoms with Crippen molar-refractivity contribution in [3.8, 4) is 17.2 Å². The quantitative estimate of drug-likeness (QED) is 0.251. The minimum Gasteiger partial charge on any atom is -0.494 e. The van der Waals surface area contributed by atoms with E-state index >= 15 is 0 Å². The van der Waals surface area contributed by atoms with Crippen molar-refractivity contribution >= 4 is 46.2 Å². The fraction of sp³-hybridized carbons (Fsp3) is 0.222. The standard InChI is InChI=1S/C27H22ClN5O6/c1-3-38-15-8-9-22(37-2)21(10-15)33-20-11-23(28)29-12-19(20)24(30-33)31-13-16(39-27(31)36)14-32-25(34)17-6-4-5-7-18(17)26(32)35/h4-12,16H,3,13-14H2,1-2H3/t16-/m1/s1. The summed E-state index contributed by atoms with van der Waals surface area (Å²) in [5.74, 6) is 0.586.